The highest BCUT2D eigenvalue weighted by Gasteiger charge is 2.35. The topological polar surface area (TPSA) is 59.4 Å². The maximum atomic E-state index is 12.5. The Labute approximate surface area is 110 Å². The van der Waals surface area contributed by atoms with E-state index in [9.17, 15) is 26.7 Å². The summed E-state index contributed by atoms with van der Waals surface area (Å²) >= 11 is 1.26. The van der Waals surface area contributed by atoms with Gasteiger partial charge in [0.25, 0.3) is 6.43 Å². The predicted octanol–water partition coefficient (Wildman–Crippen LogP) is 3.22. The van der Waals surface area contributed by atoms with Crippen LogP contribution in [0.3, 0.4) is 0 Å². The van der Waals surface area contributed by atoms with Gasteiger partial charge in [-0.3, -0.25) is 0 Å². The van der Waals surface area contributed by atoms with Crippen molar-refractivity contribution in [3.8, 4) is 5.75 Å². The molecule has 0 saturated heterocycles. The number of alkyl halides is 5. The molecule has 0 saturated carbocycles. The van der Waals surface area contributed by atoms with Crippen molar-refractivity contribution in [2.24, 2.45) is 0 Å². The van der Waals surface area contributed by atoms with Crippen molar-refractivity contribution in [1.29, 1.82) is 0 Å². The first kappa shape index (κ1) is 14.9. The number of aromatic nitrogens is 1. The summed E-state index contributed by atoms with van der Waals surface area (Å²) in [5.74, 6) is -2.82. The monoisotopic (exact) mass is 383 g/mol. The Morgan fingerprint density at radius 2 is 2.00 bits per heavy atom. The first-order valence-corrected chi connectivity index (χ1v) is 5.17. The molecule has 0 aliphatic carbocycles. The van der Waals surface area contributed by atoms with E-state index in [4.69, 9.17) is 5.11 Å². The molecule has 1 aromatic rings. The molecule has 0 radical (unpaired) electrons. The second-order valence-corrected chi connectivity index (χ2v) is 4.02. The highest BCUT2D eigenvalue weighted by Crippen LogP contribution is 2.35. The molecule has 4 nitrogen and oxygen atoms in total. The molecule has 1 heterocycles. The van der Waals surface area contributed by atoms with Crippen LogP contribution in [-0.4, -0.2) is 22.4 Å². The van der Waals surface area contributed by atoms with E-state index in [-0.39, 0.29) is 0 Å². The Kier molecular flexibility index (Phi) is 4.29. The van der Waals surface area contributed by atoms with Gasteiger partial charge in [-0.15, -0.1) is 13.2 Å². The number of carboxylic acids is 1. The summed E-state index contributed by atoms with van der Waals surface area (Å²) in [5.41, 5.74) is -2.15. The van der Waals surface area contributed by atoms with Gasteiger partial charge in [0.05, 0.1) is 3.57 Å². The van der Waals surface area contributed by atoms with E-state index in [0.29, 0.717) is 6.07 Å². The zero-order valence-electron chi connectivity index (χ0n) is 8.13. The van der Waals surface area contributed by atoms with Crippen LogP contribution in [0.25, 0.3) is 0 Å². The predicted molar refractivity (Wildman–Crippen MR) is 55.6 cm³/mol. The van der Waals surface area contributed by atoms with Gasteiger partial charge in [0, 0.05) is 0 Å². The average molecular weight is 383 g/mol. The quantitative estimate of drug-likeness (QED) is 0.644. The Hall–Kier alpha value is -1.20. The number of ether oxygens (including phenoxy) is 1. The molecule has 0 fully saturated rings. The molecule has 100 valence electrons. The minimum absolute atomic E-state index is 0.423. The first-order chi connectivity index (χ1) is 8.11. The minimum atomic E-state index is -5.17. The third kappa shape index (κ3) is 3.65. The number of carbonyl (C=O) groups is 1. The molecule has 0 aliphatic heterocycles. The van der Waals surface area contributed by atoms with Crippen molar-refractivity contribution in [2.45, 2.75) is 12.8 Å². The number of nitrogens with zero attached hydrogens (tertiary/aromatic N) is 1. The number of rotatable bonds is 3. The van der Waals surface area contributed by atoms with E-state index in [1.165, 1.54) is 22.6 Å². The van der Waals surface area contributed by atoms with Crippen LogP contribution in [0.4, 0.5) is 22.0 Å². The maximum absolute atomic E-state index is 12.5. The van der Waals surface area contributed by atoms with Gasteiger partial charge in [0.2, 0.25) is 0 Å². The fraction of sp³-hybridized carbons (Fsp3) is 0.250. The SMILES string of the molecule is O=C(O)c1cc(I)c(OC(F)(F)F)c(C(F)F)n1. The summed E-state index contributed by atoms with van der Waals surface area (Å²) in [6.07, 6.45) is -8.56. The molecule has 1 N–H and O–H groups in total. The van der Waals surface area contributed by atoms with E-state index in [2.05, 4.69) is 9.72 Å². The maximum Gasteiger partial charge on any atom is 0.573 e. The molecule has 0 atom stereocenters. The molecule has 1 aromatic heterocycles. The Bertz CT molecular complexity index is 477. The lowest BCUT2D eigenvalue weighted by Crippen LogP contribution is -2.20. The number of carboxylic acid groups (broad SMARTS) is 1. The first-order valence-electron chi connectivity index (χ1n) is 4.09. The normalized spacial score (nSPS) is 11.7. The molecule has 18 heavy (non-hydrogen) atoms. The van der Waals surface area contributed by atoms with Crippen LogP contribution in [-0.2, 0) is 0 Å². The van der Waals surface area contributed by atoms with Crippen LogP contribution in [0.1, 0.15) is 22.6 Å². The van der Waals surface area contributed by atoms with E-state index in [1.807, 2.05) is 0 Å². The van der Waals surface area contributed by atoms with Crippen LogP contribution >= 0.6 is 22.6 Å². The van der Waals surface area contributed by atoms with Crippen LogP contribution in [0.15, 0.2) is 6.07 Å². The molecular weight excluding hydrogens is 380 g/mol. The second-order valence-electron chi connectivity index (χ2n) is 2.86. The third-order valence-corrected chi connectivity index (χ3v) is 2.40. The van der Waals surface area contributed by atoms with Gasteiger partial charge in [0.15, 0.2) is 11.4 Å². The Morgan fingerprint density at radius 3 is 2.39 bits per heavy atom. The van der Waals surface area contributed by atoms with E-state index < -0.39 is 39.5 Å². The number of hydrogen-bond donors (Lipinski definition) is 1. The van der Waals surface area contributed by atoms with Gasteiger partial charge in [-0.05, 0) is 28.7 Å². The van der Waals surface area contributed by atoms with Crippen LogP contribution in [0.5, 0.6) is 5.75 Å². The lowest BCUT2D eigenvalue weighted by atomic mass is 10.3. The summed E-state index contributed by atoms with van der Waals surface area (Å²) in [6, 6.07) is 0.704. The van der Waals surface area contributed by atoms with Crippen molar-refractivity contribution in [3.63, 3.8) is 0 Å². The number of halogens is 6. The fourth-order valence-electron chi connectivity index (χ4n) is 0.995. The zero-order chi connectivity index (χ0) is 14.1. The third-order valence-electron chi connectivity index (χ3n) is 1.60. The molecule has 0 spiro atoms. The standard InChI is InChI=1S/C8H3F5INO3/c9-6(10)4-5(18-8(11,12)13)2(14)1-3(15-4)7(16)17/h1,6H,(H,16,17). The van der Waals surface area contributed by atoms with Gasteiger partial charge in [0.1, 0.15) is 5.69 Å². The molecule has 0 amide bonds. The smallest absolute Gasteiger partial charge is 0.477 e. The summed E-state index contributed by atoms with van der Waals surface area (Å²) in [4.78, 5) is 13.5. The van der Waals surface area contributed by atoms with Crippen molar-refractivity contribution in [3.05, 3.63) is 21.0 Å². The molecule has 0 aromatic carbocycles. The van der Waals surface area contributed by atoms with Crippen molar-refractivity contribution in [1.82, 2.24) is 4.98 Å². The lowest BCUT2D eigenvalue weighted by molar-refractivity contribution is -0.275. The highest BCUT2D eigenvalue weighted by atomic mass is 127. The average Bonchev–Trinajstić information content (AvgIpc) is 2.18. The molecular formula is C8H3F5INO3. The molecule has 0 aliphatic rings. The summed E-state index contributed by atoms with van der Waals surface area (Å²) < 4.78 is 64.1. The van der Waals surface area contributed by atoms with E-state index >= 15 is 0 Å². The minimum Gasteiger partial charge on any atom is -0.477 e. The number of aromatic carboxylic acids is 1. The van der Waals surface area contributed by atoms with Crippen LogP contribution < -0.4 is 4.74 Å². The van der Waals surface area contributed by atoms with E-state index in [0.717, 1.165) is 0 Å². The fourth-order valence-corrected chi connectivity index (χ4v) is 1.68. The molecule has 1 rings (SSSR count). The molecule has 10 heteroatoms. The zero-order valence-corrected chi connectivity index (χ0v) is 10.3. The summed E-state index contributed by atoms with van der Waals surface area (Å²) in [6.45, 7) is 0. The molecule has 0 bridgehead atoms. The number of hydrogen-bond acceptors (Lipinski definition) is 3. The largest absolute Gasteiger partial charge is 0.573 e. The van der Waals surface area contributed by atoms with Crippen LogP contribution in [0.2, 0.25) is 0 Å². The summed E-state index contributed by atoms with van der Waals surface area (Å²) in [7, 11) is 0. The summed E-state index contributed by atoms with van der Waals surface area (Å²) in [5, 5.41) is 8.57. The molecule has 0 unspecified atom stereocenters. The Balaban J connectivity index is 3.36. The van der Waals surface area contributed by atoms with Gasteiger partial charge in [-0.2, -0.15) is 0 Å². The van der Waals surface area contributed by atoms with Gasteiger partial charge in [-0.1, -0.05) is 0 Å². The lowest BCUT2D eigenvalue weighted by Gasteiger charge is -2.14. The van der Waals surface area contributed by atoms with Gasteiger partial charge >= 0.3 is 12.3 Å². The van der Waals surface area contributed by atoms with E-state index in [1.54, 1.807) is 0 Å². The van der Waals surface area contributed by atoms with Gasteiger partial charge < -0.3 is 9.84 Å². The van der Waals surface area contributed by atoms with Crippen molar-refractivity contribution < 1.29 is 36.6 Å². The Morgan fingerprint density at radius 1 is 1.44 bits per heavy atom. The van der Waals surface area contributed by atoms with Gasteiger partial charge in [-0.25, -0.2) is 18.6 Å². The number of pyridine rings is 1. The van der Waals surface area contributed by atoms with Crippen molar-refractivity contribution >= 4 is 28.6 Å². The van der Waals surface area contributed by atoms with Crippen molar-refractivity contribution in [2.75, 3.05) is 0 Å². The second kappa shape index (κ2) is 5.20. The highest BCUT2D eigenvalue weighted by molar-refractivity contribution is 14.1. The van der Waals surface area contributed by atoms with Crippen LogP contribution in [0, 0.1) is 3.57 Å².